The van der Waals surface area contributed by atoms with Crippen molar-refractivity contribution < 1.29 is 58.9 Å². The number of fused-ring (bicyclic) bond motifs is 4. The van der Waals surface area contributed by atoms with Crippen molar-refractivity contribution in [2.24, 2.45) is 15.7 Å². The number of carbonyl (C=O) groups is 5. The number of aromatic hydroxyl groups is 2. The van der Waals surface area contributed by atoms with E-state index in [-0.39, 0.29) is 44.3 Å². The molecule has 300 valence electrons. The summed E-state index contributed by atoms with van der Waals surface area (Å²) in [4.78, 5) is 74.5. The Morgan fingerprint density at radius 1 is 1.14 bits per heavy atom. The third-order valence-corrected chi connectivity index (χ3v) is 13.3. The number of phenolic OH excluding ortho intramolecular Hbond substituents is 2. The van der Waals surface area contributed by atoms with Crippen LogP contribution in [0.1, 0.15) is 51.3 Å². The number of anilines is 1. The zero-order chi connectivity index (χ0) is 40.9. The van der Waals surface area contributed by atoms with Gasteiger partial charge in [-0.25, -0.2) is 4.98 Å². The topological polar surface area (TPSA) is 292 Å². The molecule has 5 aliphatic heterocycles. The van der Waals surface area contributed by atoms with E-state index in [4.69, 9.17) is 22.2 Å². The Balaban J connectivity index is 1.12. The van der Waals surface area contributed by atoms with Gasteiger partial charge >= 0.3 is 0 Å². The fourth-order valence-electron chi connectivity index (χ4n) is 7.36. The van der Waals surface area contributed by atoms with Crippen molar-refractivity contribution in [3.63, 3.8) is 0 Å². The van der Waals surface area contributed by atoms with Gasteiger partial charge in [-0.05, 0) is 32.9 Å². The summed E-state index contributed by atoms with van der Waals surface area (Å²) in [6, 6.07) is 1.08. The normalized spacial score (nSPS) is 26.3. The van der Waals surface area contributed by atoms with Crippen LogP contribution in [0.3, 0.4) is 0 Å². The van der Waals surface area contributed by atoms with Crippen molar-refractivity contribution in [1.82, 2.24) is 20.5 Å². The first kappa shape index (κ1) is 40.5. The number of piperidine rings is 3. The van der Waals surface area contributed by atoms with E-state index in [1.807, 2.05) is 6.92 Å². The largest absolute Gasteiger partial charge is 0.546 e. The Labute approximate surface area is 332 Å². The molecule has 1 aromatic heterocycles. The highest BCUT2D eigenvalue weighted by molar-refractivity contribution is 8.00. The van der Waals surface area contributed by atoms with Gasteiger partial charge in [-0.1, -0.05) is 21.9 Å². The number of carboxylic acids is 2. The molecule has 3 atom stereocenters. The number of halogens is 1. The molecular formula is C34H38ClN8O11S2-. The van der Waals surface area contributed by atoms with E-state index >= 15 is 0 Å². The van der Waals surface area contributed by atoms with Gasteiger partial charge in [-0.2, -0.15) is 0 Å². The third kappa shape index (κ3) is 7.54. The second-order valence-electron chi connectivity index (χ2n) is 14.8. The summed E-state index contributed by atoms with van der Waals surface area (Å²) in [5, 5.41) is 65.7. The first-order valence-corrected chi connectivity index (χ1v) is 19.5. The molecule has 0 aliphatic carbocycles. The number of oxime groups is 2. The molecular weight excluding hydrogens is 796 g/mol. The zero-order valence-electron chi connectivity index (χ0n) is 30.2. The number of β-lactam (4-membered cyclic amide) rings is 1. The first-order valence-electron chi connectivity index (χ1n) is 17.3. The standard InChI is InChI=1S/C34H39ClN8O11S2/c1-15-17(12-43-7-4-34(5-8-43,6-9-43)14-37-26(46)21(40-53)16-10-18(35)25(45)20(44)11-16)24(30(49)50)42-28(48)23(29(42)56-15)39-27(47)22(19-13-55-32(36)38-19)41-54-33(2,3)31(51)52/h10-11,13,15,23,29H,4-9,12,14H2,1-3H3,(H8-,36,37,38,39,40,41,44,45,46,47,49,50,51,52,53)/p-1/t15-,23+,29+,34?,43?/m0/s1. The molecule has 0 radical (unpaired) electrons. The number of amides is 3. The van der Waals surface area contributed by atoms with E-state index in [2.05, 4.69) is 25.9 Å². The minimum absolute atomic E-state index is 0.00312. The summed E-state index contributed by atoms with van der Waals surface area (Å²) in [6.07, 6.45) is 2.08. The lowest BCUT2D eigenvalue weighted by atomic mass is 9.70. The van der Waals surface area contributed by atoms with Crippen molar-refractivity contribution in [1.29, 1.82) is 0 Å². The quantitative estimate of drug-likeness (QED) is 0.0346. The Hall–Kier alpha value is -5.12. The average Bonchev–Trinajstić information content (AvgIpc) is 3.58. The molecule has 1 aromatic carbocycles. The smallest absolute Gasteiger partial charge is 0.276 e. The molecule has 5 aliphatic rings. The summed E-state index contributed by atoms with van der Waals surface area (Å²) >= 11 is 8.21. The number of quaternary nitrogens is 1. The van der Waals surface area contributed by atoms with Gasteiger partial charge in [0.1, 0.15) is 23.7 Å². The monoisotopic (exact) mass is 833 g/mol. The molecule has 56 heavy (non-hydrogen) atoms. The van der Waals surface area contributed by atoms with E-state index in [1.54, 1.807) is 0 Å². The Bertz CT molecular complexity index is 2060. The number of carbonyl (C=O) groups excluding carboxylic acids is 5. The number of aromatic nitrogens is 1. The molecule has 7 N–H and O–H groups in total. The van der Waals surface area contributed by atoms with Crippen LogP contribution in [-0.2, 0) is 28.8 Å². The first-order chi connectivity index (χ1) is 26.3. The number of nitrogen functional groups attached to an aromatic ring is 1. The number of phenols is 2. The lowest BCUT2D eigenvalue weighted by molar-refractivity contribution is -0.941. The third-order valence-electron chi connectivity index (χ3n) is 10.8. The highest BCUT2D eigenvalue weighted by atomic mass is 35.5. The fraction of sp³-hybridized carbons (Fsp3) is 0.471. The van der Waals surface area contributed by atoms with Crippen LogP contribution in [0.4, 0.5) is 5.13 Å². The fourth-order valence-corrected chi connectivity index (χ4v) is 9.56. The highest BCUT2D eigenvalue weighted by Gasteiger charge is 2.56. The van der Waals surface area contributed by atoms with Gasteiger partial charge in [-0.15, -0.1) is 23.1 Å². The van der Waals surface area contributed by atoms with Crippen LogP contribution in [-0.4, -0.2) is 126 Å². The predicted octanol–water partition coefficient (Wildman–Crippen LogP) is -1.17. The minimum Gasteiger partial charge on any atom is -0.546 e. The number of carboxylic acid groups (broad SMARTS) is 2. The van der Waals surface area contributed by atoms with E-state index < -0.39 is 69.6 Å². The molecule has 2 bridgehead atoms. The van der Waals surface area contributed by atoms with Gasteiger partial charge in [0.05, 0.1) is 42.3 Å². The van der Waals surface area contributed by atoms with Crippen LogP contribution < -0.4 is 26.6 Å². The summed E-state index contributed by atoms with van der Waals surface area (Å²) < 4.78 is 0.563. The number of thiazole rings is 1. The number of hydrogen-bond acceptors (Lipinski definition) is 17. The SMILES string of the molecule is C[C@@H]1S[C@@H]2[C@H](NC(=O)/C(=N/OC(C)(C)C(=O)[O-])c3csc(N)n3)C(=O)N2C(C(=O)[O-])=C1C[N+]12CCC(CNC(=O)/C(=N/O)c3cc(O)c(O)c(Cl)c3)(CC1)CC2. The van der Waals surface area contributed by atoms with E-state index in [9.17, 15) is 49.6 Å². The van der Waals surface area contributed by atoms with Crippen LogP contribution in [0.2, 0.25) is 5.02 Å². The molecule has 4 saturated heterocycles. The van der Waals surface area contributed by atoms with Crippen molar-refractivity contribution in [2.75, 3.05) is 38.5 Å². The Morgan fingerprint density at radius 2 is 1.80 bits per heavy atom. The second-order valence-corrected chi connectivity index (χ2v) is 17.5. The molecule has 7 rings (SSSR count). The lowest BCUT2D eigenvalue weighted by Gasteiger charge is -2.57. The molecule has 4 fully saturated rings. The number of hydrogen-bond donors (Lipinski definition) is 6. The average molecular weight is 834 g/mol. The predicted molar refractivity (Wildman–Crippen MR) is 197 cm³/mol. The molecule has 3 amide bonds. The lowest BCUT2D eigenvalue weighted by Crippen LogP contribution is -2.72. The number of nitrogens with one attached hydrogen (secondary N) is 2. The Kier molecular flexibility index (Phi) is 10.9. The number of rotatable bonds is 13. The van der Waals surface area contributed by atoms with E-state index in [1.165, 1.54) is 37.1 Å². The van der Waals surface area contributed by atoms with Gasteiger partial charge in [0.2, 0.25) is 0 Å². The minimum atomic E-state index is -1.92. The second kappa shape index (κ2) is 15.1. The number of aliphatic carboxylic acids is 2. The highest BCUT2D eigenvalue weighted by Crippen LogP contribution is 2.48. The van der Waals surface area contributed by atoms with Gasteiger partial charge in [0.25, 0.3) is 17.7 Å². The molecule has 0 unspecified atom stereocenters. The van der Waals surface area contributed by atoms with Crippen molar-refractivity contribution in [3.8, 4) is 11.5 Å². The van der Waals surface area contributed by atoms with Crippen LogP contribution in [0.5, 0.6) is 11.5 Å². The van der Waals surface area contributed by atoms with Crippen molar-refractivity contribution >= 4 is 80.9 Å². The molecule has 6 heterocycles. The maximum atomic E-state index is 13.6. The summed E-state index contributed by atoms with van der Waals surface area (Å²) in [5.74, 6) is -6.59. The van der Waals surface area contributed by atoms with Gasteiger partial charge in [0, 0.05) is 53.0 Å². The Morgan fingerprint density at radius 3 is 2.36 bits per heavy atom. The molecule has 0 spiro atoms. The number of benzene rings is 1. The zero-order valence-corrected chi connectivity index (χ0v) is 32.6. The van der Waals surface area contributed by atoms with Gasteiger partial charge in [0.15, 0.2) is 33.7 Å². The van der Waals surface area contributed by atoms with Crippen LogP contribution in [0.25, 0.3) is 0 Å². The van der Waals surface area contributed by atoms with E-state index in [0.717, 1.165) is 22.3 Å². The molecule has 2 aromatic rings. The number of nitrogens with zero attached hydrogens (tertiary/aromatic N) is 5. The summed E-state index contributed by atoms with van der Waals surface area (Å²) in [5.41, 5.74) is 2.96. The van der Waals surface area contributed by atoms with Crippen molar-refractivity contribution in [2.45, 2.75) is 62.3 Å². The van der Waals surface area contributed by atoms with Crippen LogP contribution in [0, 0.1) is 5.41 Å². The van der Waals surface area contributed by atoms with Crippen molar-refractivity contribution in [3.05, 3.63) is 45.1 Å². The number of thioether (sulfide) groups is 1. The van der Waals surface area contributed by atoms with Gasteiger partial charge < -0.3 is 60.9 Å². The van der Waals surface area contributed by atoms with Gasteiger partial charge in [-0.3, -0.25) is 19.3 Å². The summed E-state index contributed by atoms with van der Waals surface area (Å²) in [7, 11) is 0. The summed E-state index contributed by atoms with van der Waals surface area (Å²) in [6.45, 7) is 6.76. The maximum Gasteiger partial charge on any atom is 0.276 e. The molecule has 0 saturated carbocycles. The van der Waals surface area contributed by atoms with Crippen LogP contribution in [0.15, 0.2) is 39.1 Å². The number of nitrogens with two attached hydrogens (primary N) is 1. The molecule has 22 heteroatoms. The van der Waals surface area contributed by atoms with E-state index in [0.29, 0.717) is 55.5 Å². The molecule has 19 nitrogen and oxygen atoms in total. The maximum absolute atomic E-state index is 13.6. The van der Waals surface area contributed by atoms with Crippen LogP contribution >= 0.6 is 34.7 Å².